The third-order valence-electron chi connectivity index (χ3n) is 4.15. The predicted octanol–water partition coefficient (Wildman–Crippen LogP) is 2.07. The van der Waals surface area contributed by atoms with Crippen molar-refractivity contribution in [1.29, 1.82) is 0 Å². The van der Waals surface area contributed by atoms with E-state index in [0.29, 0.717) is 18.0 Å². The summed E-state index contributed by atoms with van der Waals surface area (Å²) in [5, 5.41) is 7.13. The fourth-order valence-corrected chi connectivity index (χ4v) is 2.88. The van der Waals surface area contributed by atoms with Crippen LogP contribution in [0.1, 0.15) is 11.1 Å². The molecule has 0 saturated heterocycles. The third kappa shape index (κ3) is 3.37. The average Bonchev–Trinajstić information content (AvgIpc) is 3.28. The topological polar surface area (TPSA) is 78.3 Å². The molecule has 0 atom stereocenters. The lowest BCUT2D eigenvalue weighted by atomic mass is 10.1. The Kier molecular flexibility index (Phi) is 4.27. The largest absolute Gasteiger partial charge is 0.454 e. The first-order valence-electron chi connectivity index (χ1n) is 8.27. The van der Waals surface area contributed by atoms with Gasteiger partial charge < -0.3 is 14.8 Å². The number of nitrogens with one attached hydrogen (secondary N) is 1. The van der Waals surface area contributed by atoms with Gasteiger partial charge in [-0.15, -0.1) is 0 Å². The van der Waals surface area contributed by atoms with Crippen LogP contribution in [0.2, 0.25) is 0 Å². The minimum atomic E-state index is -0.0649. The molecule has 7 heteroatoms. The molecular weight excluding hydrogens is 332 g/mol. The quantitative estimate of drug-likeness (QED) is 0.762. The highest BCUT2D eigenvalue weighted by Crippen LogP contribution is 2.32. The molecule has 0 spiro atoms. The first-order valence-corrected chi connectivity index (χ1v) is 8.27. The summed E-state index contributed by atoms with van der Waals surface area (Å²) in [5.41, 5.74) is 3.57. The van der Waals surface area contributed by atoms with Gasteiger partial charge in [-0.1, -0.05) is 12.1 Å². The van der Waals surface area contributed by atoms with E-state index in [1.165, 1.54) is 0 Å². The summed E-state index contributed by atoms with van der Waals surface area (Å²) in [6.45, 7) is 0.630. The molecule has 0 radical (unpaired) electrons. The number of amides is 1. The molecule has 2 aromatic heterocycles. The van der Waals surface area contributed by atoms with Gasteiger partial charge in [0, 0.05) is 31.5 Å². The SMILES string of the molecule is Cn1cc(-c2ncccc2CNC(=O)Cc2ccc3c(c2)OCO3)cn1. The van der Waals surface area contributed by atoms with Crippen molar-refractivity contribution in [3.63, 3.8) is 0 Å². The molecule has 3 heterocycles. The summed E-state index contributed by atoms with van der Waals surface area (Å²) in [5.74, 6) is 1.33. The van der Waals surface area contributed by atoms with Gasteiger partial charge in [0.1, 0.15) is 0 Å². The van der Waals surface area contributed by atoms with Gasteiger partial charge in [-0.2, -0.15) is 5.10 Å². The lowest BCUT2D eigenvalue weighted by Gasteiger charge is -2.09. The third-order valence-corrected chi connectivity index (χ3v) is 4.15. The molecule has 26 heavy (non-hydrogen) atoms. The Labute approximate surface area is 150 Å². The van der Waals surface area contributed by atoms with E-state index in [0.717, 1.165) is 22.4 Å². The summed E-state index contributed by atoms with van der Waals surface area (Å²) < 4.78 is 12.4. The van der Waals surface area contributed by atoms with E-state index < -0.39 is 0 Å². The summed E-state index contributed by atoms with van der Waals surface area (Å²) >= 11 is 0. The zero-order chi connectivity index (χ0) is 17.9. The Hall–Kier alpha value is -3.35. The van der Waals surface area contributed by atoms with Gasteiger partial charge in [0.25, 0.3) is 0 Å². The van der Waals surface area contributed by atoms with Gasteiger partial charge in [0.15, 0.2) is 11.5 Å². The van der Waals surface area contributed by atoms with Crippen LogP contribution < -0.4 is 14.8 Å². The molecule has 1 aliphatic heterocycles. The Morgan fingerprint density at radius 3 is 3.00 bits per heavy atom. The van der Waals surface area contributed by atoms with Crippen LogP contribution >= 0.6 is 0 Å². The first kappa shape index (κ1) is 16.1. The number of aromatic nitrogens is 3. The maximum atomic E-state index is 12.3. The number of carbonyl (C=O) groups is 1. The molecule has 1 aliphatic rings. The molecule has 0 aliphatic carbocycles. The number of hydrogen-bond donors (Lipinski definition) is 1. The van der Waals surface area contributed by atoms with Crippen LogP contribution in [-0.4, -0.2) is 27.5 Å². The Morgan fingerprint density at radius 2 is 2.15 bits per heavy atom. The second-order valence-electron chi connectivity index (χ2n) is 6.05. The second-order valence-corrected chi connectivity index (χ2v) is 6.05. The zero-order valence-corrected chi connectivity index (χ0v) is 14.3. The van der Waals surface area contributed by atoms with Crippen LogP contribution in [0, 0.1) is 0 Å². The van der Waals surface area contributed by atoms with Crippen molar-refractivity contribution in [1.82, 2.24) is 20.1 Å². The van der Waals surface area contributed by atoms with Crippen LogP contribution in [0.15, 0.2) is 48.9 Å². The fraction of sp³-hybridized carbons (Fsp3) is 0.211. The maximum absolute atomic E-state index is 12.3. The van der Waals surface area contributed by atoms with E-state index in [-0.39, 0.29) is 19.1 Å². The van der Waals surface area contributed by atoms with Crippen molar-refractivity contribution in [3.05, 3.63) is 60.0 Å². The Morgan fingerprint density at radius 1 is 1.27 bits per heavy atom. The number of aryl methyl sites for hydroxylation is 1. The van der Waals surface area contributed by atoms with Crippen molar-refractivity contribution in [2.24, 2.45) is 7.05 Å². The van der Waals surface area contributed by atoms with Gasteiger partial charge in [0.2, 0.25) is 12.7 Å². The number of fused-ring (bicyclic) bond motifs is 1. The highest BCUT2D eigenvalue weighted by atomic mass is 16.7. The van der Waals surface area contributed by atoms with Crippen LogP contribution in [0.4, 0.5) is 0 Å². The van der Waals surface area contributed by atoms with Gasteiger partial charge >= 0.3 is 0 Å². The number of hydrogen-bond acceptors (Lipinski definition) is 5. The van der Waals surface area contributed by atoms with Crippen molar-refractivity contribution >= 4 is 5.91 Å². The molecular formula is C19H18N4O3. The molecule has 132 valence electrons. The number of nitrogens with zero attached hydrogens (tertiary/aromatic N) is 3. The van der Waals surface area contributed by atoms with Gasteiger partial charge in [-0.05, 0) is 29.3 Å². The number of ether oxygens (including phenoxy) is 2. The van der Waals surface area contributed by atoms with E-state index >= 15 is 0 Å². The predicted molar refractivity (Wildman–Crippen MR) is 94.6 cm³/mol. The molecule has 0 unspecified atom stereocenters. The van der Waals surface area contributed by atoms with Gasteiger partial charge in [-0.3, -0.25) is 14.5 Å². The number of benzene rings is 1. The summed E-state index contributed by atoms with van der Waals surface area (Å²) in [4.78, 5) is 16.7. The fourth-order valence-electron chi connectivity index (χ4n) is 2.88. The van der Waals surface area contributed by atoms with E-state index in [2.05, 4.69) is 15.4 Å². The molecule has 0 fully saturated rings. The summed E-state index contributed by atoms with van der Waals surface area (Å²) in [7, 11) is 1.86. The van der Waals surface area contributed by atoms with Gasteiger partial charge in [-0.25, -0.2) is 0 Å². The molecule has 1 N–H and O–H groups in total. The van der Waals surface area contributed by atoms with Crippen LogP contribution in [0.3, 0.4) is 0 Å². The normalized spacial score (nSPS) is 12.2. The van der Waals surface area contributed by atoms with Crippen molar-refractivity contribution in [2.75, 3.05) is 6.79 Å². The molecule has 1 amide bonds. The maximum Gasteiger partial charge on any atom is 0.231 e. The standard InChI is InChI=1S/C19H18N4O3/c1-23-11-15(10-22-23)19-14(3-2-6-20-19)9-21-18(24)8-13-4-5-16-17(7-13)26-12-25-16/h2-7,10-11H,8-9,12H2,1H3,(H,21,24). The molecule has 1 aromatic carbocycles. The lowest BCUT2D eigenvalue weighted by Crippen LogP contribution is -2.24. The average molecular weight is 350 g/mol. The number of pyridine rings is 1. The lowest BCUT2D eigenvalue weighted by molar-refractivity contribution is -0.120. The van der Waals surface area contributed by atoms with Crippen LogP contribution in [0.5, 0.6) is 11.5 Å². The van der Waals surface area contributed by atoms with Crippen LogP contribution in [-0.2, 0) is 24.8 Å². The molecule has 0 bridgehead atoms. The zero-order valence-electron chi connectivity index (χ0n) is 14.3. The van der Waals surface area contributed by atoms with E-state index in [9.17, 15) is 4.79 Å². The Balaban J connectivity index is 1.42. The molecule has 3 aromatic rings. The highest BCUT2D eigenvalue weighted by molar-refractivity contribution is 5.79. The molecule has 7 nitrogen and oxygen atoms in total. The monoisotopic (exact) mass is 350 g/mol. The summed E-state index contributed by atoms with van der Waals surface area (Å²) in [6, 6.07) is 9.35. The summed E-state index contributed by atoms with van der Waals surface area (Å²) in [6.07, 6.45) is 5.68. The minimum Gasteiger partial charge on any atom is -0.454 e. The van der Waals surface area contributed by atoms with Crippen molar-refractivity contribution in [2.45, 2.75) is 13.0 Å². The van der Waals surface area contributed by atoms with E-state index in [1.807, 2.05) is 43.6 Å². The van der Waals surface area contributed by atoms with Crippen molar-refractivity contribution < 1.29 is 14.3 Å². The number of rotatable bonds is 5. The van der Waals surface area contributed by atoms with Crippen molar-refractivity contribution in [3.8, 4) is 22.8 Å². The molecule has 4 rings (SSSR count). The second kappa shape index (κ2) is 6.87. The Bertz CT molecular complexity index is 951. The van der Waals surface area contributed by atoms with Crippen LogP contribution in [0.25, 0.3) is 11.3 Å². The highest BCUT2D eigenvalue weighted by Gasteiger charge is 2.15. The van der Waals surface area contributed by atoms with E-state index in [1.54, 1.807) is 17.1 Å². The molecule has 0 saturated carbocycles. The minimum absolute atomic E-state index is 0.0649. The van der Waals surface area contributed by atoms with E-state index in [4.69, 9.17) is 9.47 Å². The smallest absolute Gasteiger partial charge is 0.231 e. The van der Waals surface area contributed by atoms with Gasteiger partial charge in [0.05, 0.1) is 18.3 Å². The number of carbonyl (C=O) groups excluding carboxylic acids is 1. The first-order chi connectivity index (χ1) is 12.7.